The first-order valence-electron chi connectivity index (χ1n) is 9.83. The van der Waals surface area contributed by atoms with E-state index in [-0.39, 0.29) is 0 Å². The van der Waals surface area contributed by atoms with Crippen LogP contribution in [0.1, 0.15) is 12.0 Å². The standard InChI is InChI=1S/C22H26N4OS2/c1-28-17-7-8-19-18(13-17)20(24-10-4-9-23)14-22(25-19)26-11-12-29(27)21-6-3-2-5-16(21)15-26/h2-3,5-8,13-14H,4,9-12,15,23H2,1H3,(H,24,25). The molecule has 0 spiro atoms. The lowest BCUT2D eigenvalue weighted by Gasteiger charge is -2.23. The van der Waals surface area contributed by atoms with E-state index in [2.05, 4.69) is 46.8 Å². The molecule has 5 nitrogen and oxygen atoms in total. The minimum absolute atomic E-state index is 0.609. The fourth-order valence-corrected chi connectivity index (χ4v) is 5.29. The third kappa shape index (κ3) is 4.42. The molecule has 29 heavy (non-hydrogen) atoms. The van der Waals surface area contributed by atoms with Gasteiger partial charge in [-0.2, -0.15) is 0 Å². The highest BCUT2D eigenvalue weighted by Crippen LogP contribution is 2.32. The third-order valence-electron chi connectivity index (χ3n) is 5.15. The Hall–Kier alpha value is -2.09. The van der Waals surface area contributed by atoms with Crippen molar-refractivity contribution in [1.29, 1.82) is 0 Å². The van der Waals surface area contributed by atoms with E-state index in [1.54, 1.807) is 11.8 Å². The summed E-state index contributed by atoms with van der Waals surface area (Å²) in [4.78, 5) is 9.35. The van der Waals surface area contributed by atoms with Gasteiger partial charge in [0.1, 0.15) is 5.82 Å². The van der Waals surface area contributed by atoms with E-state index in [1.807, 2.05) is 18.2 Å². The van der Waals surface area contributed by atoms with Crippen LogP contribution in [0.4, 0.5) is 11.5 Å². The summed E-state index contributed by atoms with van der Waals surface area (Å²) in [5.41, 5.74) is 8.84. The van der Waals surface area contributed by atoms with Gasteiger partial charge in [-0.15, -0.1) is 11.8 Å². The number of rotatable bonds is 6. The predicted molar refractivity (Wildman–Crippen MR) is 124 cm³/mol. The van der Waals surface area contributed by atoms with Crippen LogP contribution in [0.2, 0.25) is 0 Å². The van der Waals surface area contributed by atoms with Gasteiger partial charge in [0.25, 0.3) is 0 Å². The molecule has 152 valence electrons. The van der Waals surface area contributed by atoms with E-state index in [0.717, 1.165) is 45.8 Å². The number of hydrogen-bond donors (Lipinski definition) is 2. The van der Waals surface area contributed by atoms with E-state index >= 15 is 0 Å². The number of anilines is 2. The van der Waals surface area contributed by atoms with Crippen molar-refractivity contribution in [3.8, 4) is 0 Å². The van der Waals surface area contributed by atoms with Gasteiger partial charge >= 0.3 is 0 Å². The molecule has 7 heteroatoms. The summed E-state index contributed by atoms with van der Waals surface area (Å²) < 4.78 is 12.6. The van der Waals surface area contributed by atoms with Crippen LogP contribution in [-0.2, 0) is 17.3 Å². The maximum absolute atomic E-state index is 12.6. The molecule has 0 saturated carbocycles. The molecule has 0 radical (unpaired) electrons. The Bertz CT molecular complexity index is 1040. The SMILES string of the molecule is CSc1ccc2nc(N3CCS(=O)c4ccccc4C3)cc(NCCCN)c2c1. The number of nitrogens with two attached hydrogens (primary N) is 1. The monoisotopic (exact) mass is 426 g/mol. The van der Waals surface area contributed by atoms with Crippen molar-refractivity contribution < 1.29 is 4.21 Å². The predicted octanol–water partition coefficient (Wildman–Crippen LogP) is 3.85. The summed E-state index contributed by atoms with van der Waals surface area (Å²) in [6.45, 7) is 2.91. The molecule has 3 aromatic rings. The third-order valence-corrected chi connectivity index (χ3v) is 7.32. The molecule has 1 aromatic heterocycles. The highest BCUT2D eigenvalue weighted by Gasteiger charge is 2.21. The minimum atomic E-state index is -0.972. The molecule has 0 amide bonds. The molecule has 0 aliphatic carbocycles. The zero-order chi connectivity index (χ0) is 20.2. The van der Waals surface area contributed by atoms with Crippen LogP contribution in [0, 0.1) is 0 Å². The van der Waals surface area contributed by atoms with Gasteiger partial charge in [-0.3, -0.25) is 4.21 Å². The first-order valence-corrected chi connectivity index (χ1v) is 12.4. The van der Waals surface area contributed by atoms with Crippen molar-refractivity contribution >= 4 is 45.0 Å². The molecule has 3 N–H and O–H groups in total. The fraction of sp³-hybridized carbons (Fsp3) is 0.318. The Morgan fingerprint density at radius 2 is 2.10 bits per heavy atom. The molecule has 4 rings (SSSR count). The number of hydrogen-bond acceptors (Lipinski definition) is 6. The average molecular weight is 427 g/mol. The second-order valence-electron chi connectivity index (χ2n) is 7.06. The van der Waals surface area contributed by atoms with Gasteiger partial charge in [0.05, 0.1) is 16.3 Å². The zero-order valence-corrected chi connectivity index (χ0v) is 18.2. The van der Waals surface area contributed by atoms with Gasteiger partial charge in [0.2, 0.25) is 0 Å². The number of thioether (sulfide) groups is 1. The zero-order valence-electron chi connectivity index (χ0n) is 16.6. The van der Waals surface area contributed by atoms with Crippen LogP contribution in [-0.4, -0.2) is 40.8 Å². The maximum Gasteiger partial charge on any atom is 0.131 e. The Balaban J connectivity index is 1.74. The highest BCUT2D eigenvalue weighted by atomic mass is 32.2. The summed E-state index contributed by atoms with van der Waals surface area (Å²) in [5, 5.41) is 4.67. The smallest absolute Gasteiger partial charge is 0.131 e. The van der Waals surface area contributed by atoms with Crippen molar-refractivity contribution in [3.05, 3.63) is 54.1 Å². The van der Waals surface area contributed by atoms with Gasteiger partial charge in [-0.05, 0) is 49.1 Å². The molecule has 0 saturated heterocycles. The van der Waals surface area contributed by atoms with Crippen LogP contribution < -0.4 is 16.0 Å². The Kier molecular flexibility index (Phi) is 6.37. The molecule has 1 atom stereocenters. The molecule has 0 fully saturated rings. The second kappa shape index (κ2) is 9.15. The fourth-order valence-electron chi connectivity index (χ4n) is 3.59. The van der Waals surface area contributed by atoms with E-state index in [9.17, 15) is 4.21 Å². The first-order chi connectivity index (χ1) is 14.2. The summed E-state index contributed by atoms with van der Waals surface area (Å²) >= 11 is 1.73. The van der Waals surface area contributed by atoms with Crippen LogP contribution in [0.5, 0.6) is 0 Å². The number of fused-ring (bicyclic) bond motifs is 2. The van der Waals surface area contributed by atoms with E-state index in [0.29, 0.717) is 25.4 Å². The summed E-state index contributed by atoms with van der Waals surface area (Å²) in [6.07, 6.45) is 3.00. The quantitative estimate of drug-likeness (QED) is 0.461. The highest BCUT2D eigenvalue weighted by molar-refractivity contribution is 7.98. The number of nitrogens with zero attached hydrogens (tertiary/aromatic N) is 2. The Morgan fingerprint density at radius 1 is 1.24 bits per heavy atom. The summed E-state index contributed by atoms with van der Waals surface area (Å²) in [6, 6.07) is 16.5. The number of benzene rings is 2. The maximum atomic E-state index is 12.6. The summed E-state index contributed by atoms with van der Waals surface area (Å²) in [5.74, 6) is 1.52. The molecule has 0 bridgehead atoms. The molecule has 2 aromatic carbocycles. The minimum Gasteiger partial charge on any atom is -0.384 e. The lowest BCUT2D eigenvalue weighted by atomic mass is 10.1. The van der Waals surface area contributed by atoms with Gasteiger partial charge in [0.15, 0.2) is 0 Å². The van der Waals surface area contributed by atoms with Crippen molar-refractivity contribution in [2.24, 2.45) is 5.73 Å². The van der Waals surface area contributed by atoms with E-state index < -0.39 is 10.8 Å². The van der Waals surface area contributed by atoms with Crippen molar-refractivity contribution in [3.63, 3.8) is 0 Å². The second-order valence-corrected chi connectivity index (χ2v) is 9.48. The molecule has 2 heterocycles. The largest absolute Gasteiger partial charge is 0.384 e. The van der Waals surface area contributed by atoms with Crippen LogP contribution in [0.25, 0.3) is 10.9 Å². The average Bonchev–Trinajstić information content (AvgIpc) is 2.92. The topological polar surface area (TPSA) is 71.2 Å². The van der Waals surface area contributed by atoms with Crippen molar-refractivity contribution in [2.45, 2.75) is 22.8 Å². The molecular formula is C22H26N4OS2. The van der Waals surface area contributed by atoms with Crippen LogP contribution in [0.3, 0.4) is 0 Å². The van der Waals surface area contributed by atoms with Crippen molar-refractivity contribution in [1.82, 2.24) is 4.98 Å². The normalized spacial score (nSPS) is 16.5. The lowest BCUT2D eigenvalue weighted by molar-refractivity contribution is 0.683. The number of nitrogens with one attached hydrogen (secondary N) is 1. The van der Waals surface area contributed by atoms with Crippen LogP contribution in [0.15, 0.2) is 58.3 Å². The number of aromatic nitrogens is 1. The Morgan fingerprint density at radius 3 is 2.93 bits per heavy atom. The molecule has 1 unspecified atom stereocenters. The Labute approximate surface area is 178 Å². The van der Waals surface area contributed by atoms with Crippen LogP contribution >= 0.6 is 11.8 Å². The van der Waals surface area contributed by atoms with Gasteiger partial charge < -0.3 is 16.0 Å². The van der Waals surface area contributed by atoms with Gasteiger partial charge in [-0.1, -0.05) is 18.2 Å². The molecule has 1 aliphatic heterocycles. The van der Waals surface area contributed by atoms with E-state index in [1.165, 1.54) is 4.90 Å². The molecular weight excluding hydrogens is 400 g/mol. The van der Waals surface area contributed by atoms with E-state index in [4.69, 9.17) is 10.7 Å². The molecule has 1 aliphatic rings. The first kappa shape index (κ1) is 20.2. The van der Waals surface area contributed by atoms with Gasteiger partial charge in [0, 0.05) is 52.3 Å². The lowest BCUT2D eigenvalue weighted by Crippen LogP contribution is -2.26. The van der Waals surface area contributed by atoms with Gasteiger partial charge in [-0.25, -0.2) is 4.98 Å². The number of pyridine rings is 1. The van der Waals surface area contributed by atoms with Crippen molar-refractivity contribution in [2.75, 3.05) is 41.9 Å². The summed E-state index contributed by atoms with van der Waals surface area (Å²) in [7, 11) is -0.972.